The summed E-state index contributed by atoms with van der Waals surface area (Å²) in [6.07, 6.45) is 1.20. The van der Waals surface area contributed by atoms with Crippen LogP contribution in [0.5, 0.6) is 11.5 Å². The van der Waals surface area contributed by atoms with Crippen molar-refractivity contribution in [2.24, 2.45) is 0 Å². The highest BCUT2D eigenvalue weighted by atomic mass is 32.2. The zero-order chi connectivity index (χ0) is 20.1. The van der Waals surface area contributed by atoms with Crippen molar-refractivity contribution in [1.82, 2.24) is 9.21 Å². The Morgan fingerprint density at radius 3 is 2.25 bits per heavy atom. The minimum absolute atomic E-state index is 0.0369. The predicted molar refractivity (Wildman–Crippen MR) is 109 cm³/mol. The van der Waals surface area contributed by atoms with Gasteiger partial charge in [0.1, 0.15) is 5.75 Å². The summed E-state index contributed by atoms with van der Waals surface area (Å²) in [5, 5.41) is 0. The van der Waals surface area contributed by atoms with Crippen molar-refractivity contribution in [3.05, 3.63) is 54.6 Å². The Morgan fingerprint density at radius 2 is 1.61 bits per heavy atom. The standard InChI is InChI=1S/C20H25N3O4S/c1-21(16-20(24)22-12-14-23(15-13-22)28(2,25)26)18-10-6-7-11-19(18)27-17-8-4-3-5-9-17/h3-11H,12-16H2,1-2H3. The molecule has 150 valence electrons. The molecule has 0 radical (unpaired) electrons. The van der Waals surface area contributed by atoms with E-state index >= 15 is 0 Å². The second kappa shape index (κ2) is 8.62. The summed E-state index contributed by atoms with van der Waals surface area (Å²) in [5.74, 6) is 1.36. The van der Waals surface area contributed by atoms with Crippen molar-refractivity contribution in [1.29, 1.82) is 0 Å². The van der Waals surface area contributed by atoms with Crippen LogP contribution < -0.4 is 9.64 Å². The van der Waals surface area contributed by atoms with Crippen molar-refractivity contribution < 1.29 is 17.9 Å². The molecule has 8 heteroatoms. The fourth-order valence-electron chi connectivity index (χ4n) is 3.13. The summed E-state index contributed by atoms with van der Waals surface area (Å²) < 4.78 is 30.6. The van der Waals surface area contributed by atoms with Crippen molar-refractivity contribution in [3.8, 4) is 11.5 Å². The quantitative estimate of drug-likeness (QED) is 0.738. The molecule has 1 fully saturated rings. The monoisotopic (exact) mass is 403 g/mol. The van der Waals surface area contributed by atoms with Crippen LogP contribution in [0, 0.1) is 0 Å². The van der Waals surface area contributed by atoms with Crippen LogP contribution in [-0.4, -0.2) is 69.6 Å². The van der Waals surface area contributed by atoms with Gasteiger partial charge in [0.25, 0.3) is 0 Å². The topological polar surface area (TPSA) is 70.2 Å². The lowest BCUT2D eigenvalue weighted by Gasteiger charge is -2.34. The number of hydrogen-bond acceptors (Lipinski definition) is 5. The number of sulfonamides is 1. The van der Waals surface area contributed by atoms with Gasteiger partial charge in [-0.15, -0.1) is 0 Å². The highest BCUT2D eigenvalue weighted by Crippen LogP contribution is 2.31. The van der Waals surface area contributed by atoms with Crippen LogP contribution in [0.15, 0.2) is 54.6 Å². The van der Waals surface area contributed by atoms with E-state index in [1.165, 1.54) is 10.6 Å². The van der Waals surface area contributed by atoms with Gasteiger partial charge in [-0.05, 0) is 24.3 Å². The average molecular weight is 404 g/mol. The van der Waals surface area contributed by atoms with Crippen molar-refractivity contribution >= 4 is 21.6 Å². The molecule has 0 spiro atoms. The number of amides is 1. The number of carbonyl (C=O) groups is 1. The molecule has 1 aliphatic heterocycles. The van der Waals surface area contributed by atoms with E-state index in [1.807, 2.05) is 66.5 Å². The van der Waals surface area contributed by atoms with Gasteiger partial charge in [0.05, 0.1) is 18.5 Å². The Labute approximate surface area is 166 Å². The molecule has 1 saturated heterocycles. The van der Waals surface area contributed by atoms with E-state index in [2.05, 4.69) is 0 Å². The summed E-state index contributed by atoms with van der Waals surface area (Å²) in [6.45, 7) is 1.67. The zero-order valence-electron chi connectivity index (χ0n) is 16.1. The van der Waals surface area contributed by atoms with Crippen LogP contribution in [0.2, 0.25) is 0 Å². The number of hydrogen-bond donors (Lipinski definition) is 0. The smallest absolute Gasteiger partial charge is 0.242 e. The summed E-state index contributed by atoms with van der Waals surface area (Å²) in [5.41, 5.74) is 0.814. The number of para-hydroxylation sites is 3. The number of piperazine rings is 1. The van der Waals surface area contributed by atoms with Crippen LogP contribution in [0.3, 0.4) is 0 Å². The van der Waals surface area contributed by atoms with Gasteiger partial charge >= 0.3 is 0 Å². The first-order chi connectivity index (χ1) is 13.3. The summed E-state index contributed by atoms with van der Waals surface area (Å²) in [4.78, 5) is 16.2. The third-order valence-corrected chi connectivity index (χ3v) is 5.98. The van der Waals surface area contributed by atoms with Gasteiger partial charge in [0.2, 0.25) is 15.9 Å². The zero-order valence-corrected chi connectivity index (χ0v) is 16.9. The van der Waals surface area contributed by atoms with Gasteiger partial charge in [0, 0.05) is 33.2 Å². The van der Waals surface area contributed by atoms with Crippen molar-refractivity contribution in [3.63, 3.8) is 0 Å². The van der Waals surface area contributed by atoms with Crippen LogP contribution >= 0.6 is 0 Å². The Morgan fingerprint density at radius 1 is 1.00 bits per heavy atom. The summed E-state index contributed by atoms with van der Waals surface area (Å²) >= 11 is 0. The van der Waals surface area contributed by atoms with E-state index in [1.54, 1.807) is 4.90 Å². The SMILES string of the molecule is CN(CC(=O)N1CCN(S(C)(=O)=O)CC1)c1ccccc1Oc1ccccc1. The predicted octanol–water partition coefficient (Wildman–Crippen LogP) is 2.02. The van der Waals surface area contributed by atoms with Crippen LogP contribution in [0.4, 0.5) is 5.69 Å². The van der Waals surface area contributed by atoms with E-state index in [0.29, 0.717) is 31.9 Å². The Hall–Kier alpha value is -2.58. The number of anilines is 1. The lowest BCUT2D eigenvalue weighted by atomic mass is 10.2. The highest BCUT2D eigenvalue weighted by Gasteiger charge is 2.26. The van der Waals surface area contributed by atoms with E-state index in [-0.39, 0.29) is 12.5 Å². The third kappa shape index (κ3) is 5.02. The molecule has 0 N–H and O–H groups in total. The summed E-state index contributed by atoms with van der Waals surface area (Å²) in [6, 6.07) is 17.1. The number of nitrogens with zero attached hydrogens (tertiary/aromatic N) is 3. The normalized spacial score (nSPS) is 15.3. The van der Waals surface area contributed by atoms with Gasteiger partial charge in [-0.3, -0.25) is 4.79 Å². The second-order valence-electron chi connectivity index (χ2n) is 6.78. The highest BCUT2D eigenvalue weighted by molar-refractivity contribution is 7.88. The molecule has 1 amide bonds. The van der Waals surface area contributed by atoms with Crippen molar-refractivity contribution in [2.45, 2.75) is 0 Å². The number of rotatable bonds is 6. The van der Waals surface area contributed by atoms with Gasteiger partial charge in [-0.25, -0.2) is 8.42 Å². The first-order valence-electron chi connectivity index (χ1n) is 9.10. The van der Waals surface area contributed by atoms with E-state index in [9.17, 15) is 13.2 Å². The molecule has 1 aliphatic rings. The van der Waals surface area contributed by atoms with Gasteiger partial charge in [-0.1, -0.05) is 30.3 Å². The molecule has 0 bridgehead atoms. The summed E-state index contributed by atoms with van der Waals surface area (Å²) in [7, 11) is -1.36. The molecule has 7 nitrogen and oxygen atoms in total. The molecular weight excluding hydrogens is 378 g/mol. The molecule has 2 aromatic rings. The number of benzene rings is 2. The maximum absolute atomic E-state index is 12.7. The second-order valence-corrected chi connectivity index (χ2v) is 8.76. The lowest BCUT2D eigenvalue weighted by molar-refractivity contribution is -0.130. The fourth-order valence-corrected chi connectivity index (χ4v) is 3.96. The number of carbonyl (C=O) groups excluding carboxylic acids is 1. The minimum atomic E-state index is -3.21. The maximum atomic E-state index is 12.7. The Bertz CT molecular complexity index is 910. The first-order valence-corrected chi connectivity index (χ1v) is 11.0. The van der Waals surface area contributed by atoms with Crippen molar-refractivity contribution in [2.75, 3.05) is 50.9 Å². The maximum Gasteiger partial charge on any atom is 0.242 e. The third-order valence-electron chi connectivity index (χ3n) is 4.68. The Kier molecular flexibility index (Phi) is 6.21. The molecule has 28 heavy (non-hydrogen) atoms. The number of ether oxygens (including phenoxy) is 1. The van der Waals surface area contributed by atoms with Gasteiger partial charge < -0.3 is 14.5 Å². The molecule has 3 rings (SSSR count). The van der Waals surface area contributed by atoms with E-state index in [4.69, 9.17) is 4.74 Å². The minimum Gasteiger partial charge on any atom is -0.455 e. The molecule has 0 saturated carbocycles. The van der Waals surface area contributed by atoms with Crippen LogP contribution in [0.1, 0.15) is 0 Å². The first kappa shape index (κ1) is 20.2. The van der Waals surface area contributed by atoms with Gasteiger partial charge in [0.15, 0.2) is 5.75 Å². The lowest BCUT2D eigenvalue weighted by Crippen LogP contribution is -2.52. The molecular formula is C20H25N3O4S. The molecule has 0 aliphatic carbocycles. The molecule has 2 aromatic carbocycles. The molecule has 0 unspecified atom stereocenters. The number of likely N-dealkylation sites (N-methyl/N-ethyl adjacent to an activating group) is 1. The van der Waals surface area contributed by atoms with E-state index < -0.39 is 10.0 Å². The Balaban J connectivity index is 1.64. The fraction of sp³-hybridized carbons (Fsp3) is 0.350. The average Bonchev–Trinajstić information content (AvgIpc) is 2.68. The molecule has 0 aromatic heterocycles. The van der Waals surface area contributed by atoms with Crippen LogP contribution in [0.25, 0.3) is 0 Å². The van der Waals surface area contributed by atoms with E-state index in [0.717, 1.165) is 11.4 Å². The molecule has 0 atom stereocenters. The van der Waals surface area contributed by atoms with Crippen LogP contribution in [-0.2, 0) is 14.8 Å². The largest absolute Gasteiger partial charge is 0.455 e. The van der Waals surface area contributed by atoms with Gasteiger partial charge in [-0.2, -0.15) is 4.31 Å². The molecule has 1 heterocycles.